The summed E-state index contributed by atoms with van der Waals surface area (Å²) in [5, 5.41) is 4.00. The molecule has 1 aromatic heterocycles. The average molecular weight is 472 g/mol. The van der Waals surface area contributed by atoms with E-state index in [9.17, 15) is 14.0 Å². The molecule has 3 aromatic rings. The standard InChI is InChI=1S/C24H23ClFN3O4/c1-15-20(16(2)33-27-15)14-32-22-6-4-3-5-19(22)24(31)29-11-9-28(10-12-29)23(30)18-8-7-17(26)13-21(18)25/h3-8,13H,9-12,14H2,1-2H3. The van der Waals surface area contributed by atoms with Crippen LogP contribution < -0.4 is 4.74 Å². The highest BCUT2D eigenvalue weighted by molar-refractivity contribution is 6.33. The Hall–Kier alpha value is -3.39. The summed E-state index contributed by atoms with van der Waals surface area (Å²) in [7, 11) is 0. The molecule has 0 atom stereocenters. The first-order valence-electron chi connectivity index (χ1n) is 10.5. The Morgan fingerprint density at radius 1 is 1.03 bits per heavy atom. The minimum atomic E-state index is -0.498. The highest BCUT2D eigenvalue weighted by Gasteiger charge is 2.28. The molecule has 1 aliphatic rings. The number of aryl methyl sites for hydroxylation is 2. The number of hydrogen-bond donors (Lipinski definition) is 0. The number of ether oxygens (including phenoxy) is 1. The van der Waals surface area contributed by atoms with Gasteiger partial charge in [0.1, 0.15) is 23.9 Å². The molecule has 0 N–H and O–H groups in total. The van der Waals surface area contributed by atoms with Gasteiger partial charge in [-0.1, -0.05) is 28.9 Å². The highest BCUT2D eigenvalue weighted by Crippen LogP contribution is 2.24. The molecule has 0 unspecified atom stereocenters. The van der Waals surface area contributed by atoms with Gasteiger partial charge in [-0.05, 0) is 44.2 Å². The van der Waals surface area contributed by atoms with Crippen LogP contribution in [-0.2, 0) is 6.61 Å². The van der Waals surface area contributed by atoms with Gasteiger partial charge >= 0.3 is 0 Å². The van der Waals surface area contributed by atoms with E-state index in [2.05, 4.69) is 5.16 Å². The van der Waals surface area contributed by atoms with Crippen LogP contribution in [0.3, 0.4) is 0 Å². The van der Waals surface area contributed by atoms with Crippen LogP contribution in [-0.4, -0.2) is 52.9 Å². The molecule has 9 heteroatoms. The number of carbonyl (C=O) groups is 2. The van der Waals surface area contributed by atoms with E-state index in [1.807, 2.05) is 19.9 Å². The second-order valence-corrected chi connectivity index (χ2v) is 8.20. The van der Waals surface area contributed by atoms with Crippen molar-refractivity contribution in [1.29, 1.82) is 0 Å². The largest absolute Gasteiger partial charge is 0.488 e. The molecule has 0 bridgehead atoms. The fourth-order valence-corrected chi connectivity index (χ4v) is 3.99. The van der Waals surface area contributed by atoms with E-state index in [4.69, 9.17) is 20.9 Å². The van der Waals surface area contributed by atoms with Crippen molar-refractivity contribution in [2.45, 2.75) is 20.5 Å². The van der Waals surface area contributed by atoms with Crippen LogP contribution in [0.2, 0.25) is 5.02 Å². The Labute approximate surface area is 195 Å². The van der Waals surface area contributed by atoms with Gasteiger partial charge in [0, 0.05) is 26.2 Å². The Morgan fingerprint density at radius 3 is 2.27 bits per heavy atom. The maximum absolute atomic E-state index is 13.3. The molecule has 0 saturated carbocycles. The molecule has 2 amide bonds. The lowest BCUT2D eigenvalue weighted by Crippen LogP contribution is -2.50. The van der Waals surface area contributed by atoms with Crippen LogP contribution in [0.1, 0.15) is 37.7 Å². The van der Waals surface area contributed by atoms with E-state index >= 15 is 0 Å². The van der Waals surface area contributed by atoms with Crippen molar-refractivity contribution in [3.63, 3.8) is 0 Å². The van der Waals surface area contributed by atoms with Gasteiger partial charge in [0.15, 0.2) is 0 Å². The van der Waals surface area contributed by atoms with E-state index in [-0.39, 0.29) is 29.0 Å². The molecular formula is C24H23ClFN3O4. The van der Waals surface area contributed by atoms with E-state index in [0.717, 1.165) is 17.3 Å². The molecule has 2 heterocycles. The number of halogens is 2. The lowest BCUT2D eigenvalue weighted by atomic mass is 10.1. The normalized spacial score (nSPS) is 13.8. The number of carbonyl (C=O) groups excluding carboxylic acids is 2. The van der Waals surface area contributed by atoms with Crippen molar-refractivity contribution in [1.82, 2.24) is 15.0 Å². The number of para-hydroxylation sites is 1. The topological polar surface area (TPSA) is 75.9 Å². The summed E-state index contributed by atoms with van der Waals surface area (Å²) in [6.07, 6.45) is 0. The maximum atomic E-state index is 13.3. The number of amides is 2. The van der Waals surface area contributed by atoms with Gasteiger partial charge < -0.3 is 19.1 Å². The fourth-order valence-electron chi connectivity index (χ4n) is 3.74. The predicted octanol–water partition coefficient (Wildman–Crippen LogP) is 4.26. The number of piperazine rings is 1. The molecule has 172 valence electrons. The second-order valence-electron chi connectivity index (χ2n) is 7.80. The smallest absolute Gasteiger partial charge is 0.257 e. The summed E-state index contributed by atoms with van der Waals surface area (Å²) in [6, 6.07) is 10.8. The minimum absolute atomic E-state index is 0.0721. The quantitative estimate of drug-likeness (QED) is 0.555. The van der Waals surface area contributed by atoms with Gasteiger partial charge in [-0.2, -0.15) is 0 Å². The zero-order valence-corrected chi connectivity index (χ0v) is 19.1. The molecule has 0 spiro atoms. The van der Waals surface area contributed by atoms with E-state index in [1.54, 1.807) is 28.0 Å². The third-order valence-electron chi connectivity index (χ3n) is 5.69. The fraction of sp³-hybridized carbons (Fsp3) is 0.292. The third-order valence-corrected chi connectivity index (χ3v) is 6.00. The number of aromatic nitrogens is 1. The molecule has 1 fully saturated rings. The van der Waals surface area contributed by atoms with Gasteiger partial charge in [0.05, 0.1) is 27.4 Å². The van der Waals surface area contributed by atoms with Crippen LogP contribution in [0, 0.1) is 19.7 Å². The van der Waals surface area contributed by atoms with E-state index < -0.39 is 5.82 Å². The van der Waals surface area contributed by atoms with Gasteiger partial charge in [-0.25, -0.2) is 4.39 Å². The summed E-state index contributed by atoms with van der Waals surface area (Å²) < 4.78 is 24.4. The number of hydrogen-bond acceptors (Lipinski definition) is 5. The van der Waals surface area contributed by atoms with Crippen molar-refractivity contribution in [2.75, 3.05) is 26.2 Å². The molecule has 0 aliphatic carbocycles. The minimum Gasteiger partial charge on any atom is -0.488 e. The molecule has 7 nitrogen and oxygen atoms in total. The van der Waals surface area contributed by atoms with E-state index in [0.29, 0.717) is 43.3 Å². The summed E-state index contributed by atoms with van der Waals surface area (Å²) in [6.45, 7) is 5.32. The first-order chi connectivity index (χ1) is 15.8. The average Bonchev–Trinajstić information content (AvgIpc) is 3.14. The summed E-state index contributed by atoms with van der Waals surface area (Å²) >= 11 is 6.03. The molecule has 4 rings (SSSR count). The monoisotopic (exact) mass is 471 g/mol. The Balaban J connectivity index is 1.41. The van der Waals surface area contributed by atoms with Crippen LogP contribution in [0.25, 0.3) is 0 Å². The lowest BCUT2D eigenvalue weighted by Gasteiger charge is -2.35. The highest BCUT2D eigenvalue weighted by atomic mass is 35.5. The van der Waals surface area contributed by atoms with Crippen molar-refractivity contribution < 1.29 is 23.2 Å². The van der Waals surface area contributed by atoms with Crippen molar-refractivity contribution in [3.8, 4) is 5.75 Å². The Kier molecular flexibility index (Phi) is 6.65. The van der Waals surface area contributed by atoms with Crippen molar-refractivity contribution in [3.05, 3.63) is 81.4 Å². The maximum Gasteiger partial charge on any atom is 0.257 e. The Bertz CT molecular complexity index is 1170. The summed E-state index contributed by atoms with van der Waals surface area (Å²) in [5.41, 5.74) is 2.30. The number of benzene rings is 2. The Morgan fingerprint density at radius 2 is 1.67 bits per heavy atom. The van der Waals surface area contributed by atoms with Crippen LogP contribution >= 0.6 is 11.6 Å². The van der Waals surface area contributed by atoms with Gasteiger partial charge in [-0.3, -0.25) is 9.59 Å². The molecule has 0 radical (unpaired) electrons. The van der Waals surface area contributed by atoms with Gasteiger partial charge in [0.25, 0.3) is 11.8 Å². The van der Waals surface area contributed by atoms with Crippen molar-refractivity contribution >= 4 is 23.4 Å². The van der Waals surface area contributed by atoms with Crippen LogP contribution in [0.4, 0.5) is 4.39 Å². The van der Waals surface area contributed by atoms with Gasteiger partial charge in [-0.15, -0.1) is 0 Å². The molecule has 2 aromatic carbocycles. The SMILES string of the molecule is Cc1noc(C)c1COc1ccccc1C(=O)N1CCN(C(=O)c2ccc(F)cc2Cl)CC1. The predicted molar refractivity (Wildman–Crippen MR) is 120 cm³/mol. The molecule has 1 aliphatic heterocycles. The zero-order chi connectivity index (χ0) is 23.5. The van der Waals surface area contributed by atoms with Crippen molar-refractivity contribution in [2.24, 2.45) is 0 Å². The molecular weight excluding hydrogens is 449 g/mol. The zero-order valence-electron chi connectivity index (χ0n) is 18.3. The summed E-state index contributed by atoms with van der Waals surface area (Å²) in [4.78, 5) is 29.3. The molecule has 33 heavy (non-hydrogen) atoms. The summed E-state index contributed by atoms with van der Waals surface area (Å²) in [5.74, 6) is 0.200. The van der Waals surface area contributed by atoms with Gasteiger partial charge in [0.2, 0.25) is 0 Å². The first kappa shape index (κ1) is 22.8. The lowest BCUT2D eigenvalue weighted by molar-refractivity contribution is 0.0533. The number of nitrogens with zero attached hydrogens (tertiary/aromatic N) is 3. The first-order valence-corrected chi connectivity index (χ1v) is 10.9. The second kappa shape index (κ2) is 9.62. The molecule has 1 saturated heterocycles. The van der Waals surface area contributed by atoms with Crippen LogP contribution in [0.15, 0.2) is 47.0 Å². The van der Waals surface area contributed by atoms with E-state index in [1.165, 1.54) is 12.1 Å². The third kappa shape index (κ3) is 4.85. The number of rotatable bonds is 5. The van der Waals surface area contributed by atoms with Crippen LogP contribution in [0.5, 0.6) is 5.75 Å².